The van der Waals surface area contributed by atoms with Crippen LogP contribution < -0.4 is 5.32 Å². The molecule has 1 aromatic carbocycles. The molecule has 0 atom stereocenters. The SMILES string of the molecule is O=C(O)CCc1cccc(NC(=O)CCc2ccc(Cl)s2)c1. The van der Waals surface area contributed by atoms with E-state index in [1.165, 1.54) is 11.3 Å². The second-order valence-corrected chi connectivity index (χ2v) is 6.65. The number of rotatable bonds is 7. The Hall–Kier alpha value is -1.85. The molecule has 0 bridgehead atoms. The summed E-state index contributed by atoms with van der Waals surface area (Å²) in [6.45, 7) is 0. The molecule has 0 aliphatic carbocycles. The highest BCUT2D eigenvalue weighted by Crippen LogP contribution is 2.22. The van der Waals surface area contributed by atoms with Gasteiger partial charge >= 0.3 is 5.97 Å². The zero-order valence-electron chi connectivity index (χ0n) is 11.8. The number of aliphatic carboxylic acids is 1. The van der Waals surface area contributed by atoms with Gasteiger partial charge in [0.05, 0.1) is 4.34 Å². The minimum atomic E-state index is -0.830. The fourth-order valence-corrected chi connectivity index (χ4v) is 3.09. The molecule has 4 nitrogen and oxygen atoms in total. The van der Waals surface area contributed by atoms with Crippen LogP contribution in [0.1, 0.15) is 23.3 Å². The van der Waals surface area contributed by atoms with Gasteiger partial charge in [-0.15, -0.1) is 11.3 Å². The summed E-state index contributed by atoms with van der Waals surface area (Å²) >= 11 is 7.33. The first kappa shape index (κ1) is 16.5. The van der Waals surface area contributed by atoms with Gasteiger partial charge in [-0.25, -0.2) is 0 Å². The first-order chi connectivity index (χ1) is 10.5. The highest BCUT2D eigenvalue weighted by molar-refractivity contribution is 7.16. The van der Waals surface area contributed by atoms with Crippen LogP contribution in [-0.2, 0) is 22.4 Å². The molecule has 2 rings (SSSR count). The van der Waals surface area contributed by atoms with Crippen molar-refractivity contribution < 1.29 is 14.7 Å². The molecule has 0 aliphatic rings. The van der Waals surface area contributed by atoms with E-state index in [1.54, 1.807) is 6.07 Å². The summed E-state index contributed by atoms with van der Waals surface area (Å²) in [5.74, 6) is -0.899. The summed E-state index contributed by atoms with van der Waals surface area (Å²) in [6, 6.07) is 11.0. The highest BCUT2D eigenvalue weighted by Gasteiger charge is 2.06. The normalized spacial score (nSPS) is 10.4. The average Bonchev–Trinajstić information content (AvgIpc) is 2.89. The topological polar surface area (TPSA) is 66.4 Å². The van der Waals surface area contributed by atoms with E-state index < -0.39 is 5.97 Å². The molecule has 6 heteroatoms. The Labute approximate surface area is 137 Å². The van der Waals surface area contributed by atoms with Crippen LogP contribution in [0.2, 0.25) is 4.34 Å². The Balaban J connectivity index is 1.85. The van der Waals surface area contributed by atoms with Gasteiger partial charge in [-0.2, -0.15) is 0 Å². The third-order valence-corrected chi connectivity index (χ3v) is 4.36. The largest absolute Gasteiger partial charge is 0.481 e. The number of carbonyl (C=O) groups excluding carboxylic acids is 1. The Kier molecular flexibility index (Phi) is 5.98. The van der Waals surface area contributed by atoms with Gasteiger partial charge in [0.25, 0.3) is 0 Å². The number of amides is 1. The Bertz CT molecular complexity index is 669. The Morgan fingerprint density at radius 1 is 1.14 bits per heavy atom. The Morgan fingerprint density at radius 3 is 2.64 bits per heavy atom. The monoisotopic (exact) mass is 337 g/mol. The molecule has 0 saturated heterocycles. The van der Waals surface area contributed by atoms with Crippen molar-refractivity contribution in [2.75, 3.05) is 5.32 Å². The molecular formula is C16H16ClNO3S. The zero-order valence-corrected chi connectivity index (χ0v) is 13.4. The molecule has 0 aliphatic heterocycles. The van der Waals surface area contributed by atoms with E-state index in [2.05, 4.69) is 5.32 Å². The lowest BCUT2D eigenvalue weighted by Crippen LogP contribution is -2.12. The molecule has 0 saturated carbocycles. The number of aryl methyl sites for hydroxylation is 2. The van der Waals surface area contributed by atoms with Gasteiger partial charge in [-0.3, -0.25) is 9.59 Å². The van der Waals surface area contributed by atoms with Crippen molar-refractivity contribution in [1.82, 2.24) is 0 Å². The zero-order chi connectivity index (χ0) is 15.9. The van der Waals surface area contributed by atoms with Crippen LogP contribution in [0.15, 0.2) is 36.4 Å². The third kappa shape index (κ3) is 5.50. The summed E-state index contributed by atoms with van der Waals surface area (Å²) in [5, 5.41) is 11.5. The summed E-state index contributed by atoms with van der Waals surface area (Å²) < 4.78 is 0.724. The second-order valence-electron chi connectivity index (χ2n) is 4.85. The van der Waals surface area contributed by atoms with Crippen molar-refractivity contribution in [2.24, 2.45) is 0 Å². The Morgan fingerprint density at radius 2 is 1.95 bits per heavy atom. The molecule has 0 radical (unpaired) electrons. The van der Waals surface area contributed by atoms with Gasteiger partial charge < -0.3 is 10.4 Å². The van der Waals surface area contributed by atoms with Crippen LogP contribution in [0.3, 0.4) is 0 Å². The predicted molar refractivity (Wildman–Crippen MR) is 88.7 cm³/mol. The van der Waals surface area contributed by atoms with Crippen molar-refractivity contribution in [2.45, 2.75) is 25.7 Å². The fourth-order valence-electron chi connectivity index (χ4n) is 2.00. The standard InChI is InChI=1S/C16H16ClNO3S/c17-14-7-5-13(22-14)6-8-15(19)18-12-3-1-2-11(10-12)4-9-16(20)21/h1-3,5,7,10H,4,6,8-9H2,(H,18,19)(H,20,21). The van der Waals surface area contributed by atoms with Crippen LogP contribution >= 0.6 is 22.9 Å². The van der Waals surface area contributed by atoms with Crippen molar-refractivity contribution in [3.8, 4) is 0 Å². The molecule has 0 unspecified atom stereocenters. The summed E-state index contributed by atoms with van der Waals surface area (Å²) in [6.07, 6.45) is 1.57. The maximum Gasteiger partial charge on any atom is 0.303 e. The van der Waals surface area contributed by atoms with E-state index in [0.717, 1.165) is 14.8 Å². The van der Waals surface area contributed by atoms with Gasteiger partial charge in [-0.1, -0.05) is 23.7 Å². The maximum atomic E-state index is 11.9. The number of benzene rings is 1. The molecule has 0 fully saturated rings. The predicted octanol–water partition coefficient (Wildman–Crippen LogP) is 3.99. The molecule has 116 valence electrons. The number of carboxylic acid groups (broad SMARTS) is 1. The molecule has 1 aromatic heterocycles. The average molecular weight is 338 g/mol. The van der Waals surface area contributed by atoms with E-state index in [1.807, 2.05) is 30.3 Å². The number of hydrogen-bond donors (Lipinski definition) is 2. The lowest BCUT2D eigenvalue weighted by atomic mass is 10.1. The first-order valence-electron chi connectivity index (χ1n) is 6.88. The van der Waals surface area contributed by atoms with Gasteiger partial charge in [0.15, 0.2) is 0 Å². The van der Waals surface area contributed by atoms with Crippen molar-refractivity contribution in [3.05, 3.63) is 51.2 Å². The number of nitrogens with one attached hydrogen (secondary N) is 1. The minimum absolute atomic E-state index is 0.0695. The fraction of sp³-hybridized carbons (Fsp3) is 0.250. The van der Waals surface area contributed by atoms with Crippen LogP contribution in [0.25, 0.3) is 0 Å². The molecule has 1 amide bonds. The van der Waals surface area contributed by atoms with E-state index in [9.17, 15) is 9.59 Å². The van der Waals surface area contributed by atoms with E-state index in [0.29, 0.717) is 24.9 Å². The summed E-state index contributed by atoms with van der Waals surface area (Å²) in [7, 11) is 0. The molecule has 2 N–H and O–H groups in total. The van der Waals surface area contributed by atoms with Gasteiger partial charge in [0.1, 0.15) is 0 Å². The van der Waals surface area contributed by atoms with Crippen LogP contribution in [0.4, 0.5) is 5.69 Å². The van der Waals surface area contributed by atoms with Gasteiger partial charge in [0, 0.05) is 23.4 Å². The minimum Gasteiger partial charge on any atom is -0.481 e. The first-order valence-corrected chi connectivity index (χ1v) is 8.07. The van der Waals surface area contributed by atoms with E-state index in [4.69, 9.17) is 16.7 Å². The summed E-state index contributed by atoms with van der Waals surface area (Å²) in [4.78, 5) is 23.6. The number of carboxylic acids is 1. The molecule has 2 aromatic rings. The third-order valence-electron chi connectivity index (χ3n) is 3.07. The van der Waals surface area contributed by atoms with Crippen LogP contribution in [0.5, 0.6) is 0 Å². The molecular weight excluding hydrogens is 322 g/mol. The molecule has 0 spiro atoms. The highest BCUT2D eigenvalue weighted by atomic mass is 35.5. The van der Waals surface area contributed by atoms with E-state index in [-0.39, 0.29) is 12.3 Å². The molecule has 1 heterocycles. The maximum absolute atomic E-state index is 11.9. The van der Waals surface area contributed by atoms with Crippen molar-refractivity contribution in [3.63, 3.8) is 0 Å². The number of carbonyl (C=O) groups is 2. The smallest absolute Gasteiger partial charge is 0.303 e. The lowest BCUT2D eigenvalue weighted by Gasteiger charge is -2.07. The van der Waals surface area contributed by atoms with Crippen LogP contribution in [0, 0.1) is 0 Å². The molecule has 22 heavy (non-hydrogen) atoms. The van der Waals surface area contributed by atoms with Gasteiger partial charge in [0.2, 0.25) is 5.91 Å². The number of halogens is 1. The quantitative estimate of drug-likeness (QED) is 0.802. The number of anilines is 1. The van der Waals surface area contributed by atoms with Crippen molar-refractivity contribution in [1.29, 1.82) is 0 Å². The van der Waals surface area contributed by atoms with Crippen molar-refractivity contribution >= 4 is 40.5 Å². The van der Waals surface area contributed by atoms with Crippen LogP contribution in [-0.4, -0.2) is 17.0 Å². The van der Waals surface area contributed by atoms with E-state index >= 15 is 0 Å². The number of hydrogen-bond acceptors (Lipinski definition) is 3. The van der Waals surface area contributed by atoms with Gasteiger partial charge in [-0.05, 0) is 42.7 Å². The summed E-state index contributed by atoms with van der Waals surface area (Å²) in [5.41, 5.74) is 1.59. The second kappa shape index (κ2) is 7.96. The lowest BCUT2D eigenvalue weighted by molar-refractivity contribution is -0.137. The number of thiophene rings is 1.